The van der Waals surface area contributed by atoms with E-state index in [1.807, 2.05) is 25.7 Å². The molecule has 1 heterocycles. The van der Waals surface area contributed by atoms with Gasteiger partial charge in [-0.1, -0.05) is 0 Å². The van der Waals surface area contributed by atoms with Gasteiger partial charge in [-0.3, -0.25) is 0 Å². The van der Waals surface area contributed by atoms with Crippen LogP contribution >= 0.6 is 0 Å². The normalized spacial score (nSPS) is 17.0. The van der Waals surface area contributed by atoms with Gasteiger partial charge in [0.25, 0.3) is 0 Å². The lowest BCUT2D eigenvalue weighted by Gasteiger charge is -2.33. The summed E-state index contributed by atoms with van der Waals surface area (Å²) >= 11 is 0. The molecule has 1 amide bonds. The molecule has 1 N–H and O–H groups in total. The van der Waals surface area contributed by atoms with Crippen molar-refractivity contribution in [1.82, 2.24) is 10.2 Å². The van der Waals surface area contributed by atoms with E-state index in [0.717, 1.165) is 45.5 Å². The van der Waals surface area contributed by atoms with Gasteiger partial charge in [0, 0.05) is 32.8 Å². The Morgan fingerprint density at radius 3 is 2.43 bits per heavy atom. The second kappa shape index (κ2) is 9.26. The fourth-order valence-electron chi connectivity index (χ4n) is 2.45. The lowest BCUT2D eigenvalue weighted by atomic mass is 10.1. The molecule has 1 aliphatic rings. The molecule has 1 saturated heterocycles. The van der Waals surface area contributed by atoms with Gasteiger partial charge in [-0.25, -0.2) is 4.79 Å². The number of carbonyl (C=O) groups is 1. The molecule has 0 aromatic heterocycles. The van der Waals surface area contributed by atoms with E-state index in [1.165, 1.54) is 12.8 Å². The van der Waals surface area contributed by atoms with Gasteiger partial charge in [0.2, 0.25) is 0 Å². The number of likely N-dealkylation sites (tertiary alicyclic amines) is 1. The Balaban J connectivity index is 2.10. The Hall–Kier alpha value is -0.810. The summed E-state index contributed by atoms with van der Waals surface area (Å²) in [5.41, 5.74) is -0.408. The molecule has 0 bridgehead atoms. The summed E-state index contributed by atoms with van der Waals surface area (Å²) in [7, 11) is 1.75. The molecular formula is C16H32N2O3. The van der Waals surface area contributed by atoms with Gasteiger partial charge in [-0.2, -0.15) is 0 Å². The SMILES string of the molecule is COCCCCCNC1CCN(C(=O)OC(C)(C)C)CC1. The smallest absolute Gasteiger partial charge is 0.410 e. The van der Waals surface area contributed by atoms with Crippen LogP contribution in [0.2, 0.25) is 0 Å². The average molecular weight is 300 g/mol. The van der Waals surface area contributed by atoms with E-state index in [1.54, 1.807) is 7.11 Å². The lowest BCUT2D eigenvalue weighted by molar-refractivity contribution is 0.0198. The number of amides is 1. The van der Waals surface area contributed by atoms with Crippen molar-refractivity contribution in [2.45, 2.75) is 64.5 Å². The van der Waals surface area contributed by atoms with Crippen LogP contribution < -0.4 is 5.32 Å². The van der Waals surface area contributed by atoms with Crippen molar-refractivity contribution in [3.05, 3.63) is 0 Å². The highest BCUT2D eigenvalue weighted by Gasteiger charge is 2.26. The van der Waals surface area contributed by atoms with Crippen LogP contribution in [0.5, 0.6) is 0 Å². The summed E-state index contributed by atoms with van der Waals surface area (Å²) in [6.45, 7) is 9.20. The maximum atomic E-state index is 12.0. The maximum absolute atomic E-state index is 12.0. The summed E-state index contributed by atoms with van der Waals surface area (Å²) in [5, 5.41) is 3.59. The Morgan fingerprint density at radius 1 is 1.19 bits per heavy atom. The number of rotatable bonds is 7. The molecule has 5 heteroatoms. The van der Waals surface area contributed by atoms with Crippen molar-refractivity contribution in [3.63, 3.8) is 0 Å². The van der Waals surface area contributed by atoms with E-state index in [0.29, 0.717) is 6.04 Å². The number of ether oxygens (including phenoxy) is 2. The number of hydrogen-bond donors (Lipinski definition) is 1. The van der Waals surface area contributed by atoms with E-state index in [2.05, 4.69) is 5.32 Å². The zero-order valence-electron chi connectivity index (χ0n) is 14.1. The fraction of sp³-hybridized carbons (Fsp3) is 0.938. The third-order valence-electron chi connectivity index (χ3n) is 3.60. The standard InChI is InChI=1S/C16H32N2O3/c1-16(2,3)21-15(19)18-11-8-14(9-12-18)17-10-6-5-7-13-20-4/h14,17H,5-13H2,1-4H3. The largest absolute Gasteiger partial charge is 0.444 e. The summed E-state index contributed by atoms with van der Waals surface area (Å²) in [4.78, 5) is 13.8. The van der Waals surface area contributed by atoms with E-state index in [9.17, 15) is 4.79 Å². The van der Waals surface area contributed by atoms with Crippen LogP contribution in [0.3, 0.4) is 0 Å². The minimum atomic E-state index is -0.408. The third-order valence-corrected chi connectivity index (χ3v) is 3.60. The number of carbonyl (C=O) groups excluding carboxylic acids is 1. The number of hydrogen-bond acceptors (Lipinski definition) is 4. The highest BCUT2D eigenvalue weighted by molar-refractivity contribution is 5.68. The molecule has 0 aromatic carbocycles. The Morgan fingerprint density at radius 2 is 1.86 bits per heavy atom. The van der Waals surface area contributed by atoms with Crippen LogP contribution in [-0.4, -0.2) is 56.0 Å². The van der Waals surface area contributed by atoms with Crippen molar-refractivity contribution >= 4 is 6.09 Å². The maximum Gasteiger partial charge on any atom is 0.410 e. The molecule has 0 unspecified atom stereocenters. The number of piperidine rings is 1. The summed E-state index contributed by atoms with van der Waals surface area (Å²) in [6.07, 6.45) is 5.37. The molecule has 0 radical (unpaired) electrons. The third kappa shape index (κ3) is 8.27. The van der Waals surface area contributed by atoms with Crippen LogP contribution in [-0.2, 0) is 9.47 Å². The molecule has 1 aliphatic heterocycles. The van der Waals surface area contributed by atoms with Gasteiger partial charge in [-0.15, -0.1) is 0 Å². The fourth-order valence-corrected chi connectivity index (χ4v) is 2.45. The van der Waals surface area contributed by atoms with E-state index >= 15 is 0 Å². The molecule has 1 fully saturated rings. The quantitative estimate of drug-likeness (QED) is 0.735. The second-order valence-corrected chi connectivity index (χ2v) is 6.75. The second-order valence-electron chi connectivity index (χ2n) is 6.75. The monoisotopic (exact) mass is 300 g/mol. The molecule has 1 rings (SSSR count). The van der Waals surface area contributed by atoms with Crippen molar-refractivity contribution < 1.29 is 14.3 Å². The highest BCUT2D eigenvalue weighted by Crippen LogP contribution is 2.15. The first-order chi connectivity index (χ1) is 9.92. The van der Waals surface area contributed by atoms with Gasteiger partial charge in [0.15, 0.2) is 0 Å². The molecule has 0 atom stereocenters. The molecule has 0 saturated carbocycles. The highest BCUT2D eigenvalue weighted by atomic mass is 16.6. The minimum absolute atomic E-state index is 0.180. The molecular weight excluding hydrogens is 268 g/mol. The van der Waals surface area contributed by atoms with Crippen molar-refractivity contribution in [1.29, 1.82) is 0 Å². The van der Waals surface area contributed by atoms with Gasteiger partial charge < -0.3 is 19.7 Å². The molecule has 5 nitrogen and oxygen atoms in total. The lowest BCUT2D eigenvalue weighted by Crippen LogP contribution is -2.46. The Kier molecular flexibility index (Phi) is 8.04. The average Bonchev–Trinajstić information content (AvgIpc) is 2.41. The van der Waals surface area contributed by atoms with Gasteiger partial charge in [0.1, 0.15) is 5.60 Å². The van der Waals surface area contributed by atoms with Gasteiger partial charge in [0.05, 0.1) is 0 Å². The molecule has 0 aliphatic carbocycles. The molecule has 124 valence electrons. The van der Waals surface area contributed by atoms with Crippen LogP contribution in [0.4, 0.5) is 4.79 Å². The van der Waals surface area contributed by atoms with E-state index in [-0.39, 0.29) is 6.09 Å². The predicted octanol–water partition coefficient (Wildman–Crippen LogP) is 2.79. The number of unbranched alkanes of at least 4 members (excludes halogenated alkanes) is 2. The van der Waals surface area contributed by atoms with Gasteiger partial charge >= 0.3 is 6.09 Å². The molecule has 0 aromatic rings. The minimum Gasteiger partial charge on any atom is -0.444 e. The van der Waals surface area contributed by atoms with E-state index in [4.69, 9.17) is 9.47 Å². The van der Waals surface area contributed by atoms with Crippen LogP contribution in [0.1, 0.15) is 52.9 Å². The van der Waals surface area contributed by atoms with Crippen molar-refractivity contribution in [2.75, 3.05) is 33.4 Å². The molecule has 21 heavy (non-hydrogen) atoms. The Labute approximate surface area is 129 Å². The Bertz CT molecular complexity index is 294. The number of methoxy groups -OCH3 is 1. The zero-order valence-corrected chi connectivity index (χ0v) is 14.1. The van der Waals surface area contributed by atoms with Crippen LogP contribution in [0.15, 0.2) is 0 Å². The van der Waals surface area contributed by atoms with Crippen LogP contribution in [0.25, 0.3) is 0 Å². The first-order valence-corrected chi connectivity index (χ1v) is 8.12. The number of nitrogens with one attached hydrogen (secondary N) is 1. The van der Waals surface area contributed by atoms with E-state index < -0.39 is 5.60 Å². The predicted molar refractivity (Wildman–Crippen MR) is 84.6 cm³/mol. The molecule has 0 spiro atoms. The van der Waals surface area contributed by atoms with Crippen molar-refractivity contribution in [2.24, 2.45) is 0 Å². The summed E-state index contributed by atoms with van der Waals surface area (Å²) in [6, 6.07) is 0.533. The van der Waals surface area contributed by atoms with Crippen molar-refractivity contribution in [3.8, 4) is 0 Å². The topological polar surface area (TPSA) is 50.8 Å². The first kappa shape index (κ1) is 18.2. The zero-order chi connectivity index (χ0) is 15.7. The van der Waals surface area contributed by atoms with Crippen LogP contribution in [0, 0.1) is 0 Å². The summed E-state index contributed by atoms with van der Waals surface area (Å²) in [5.74, 6) is 0. The number of nitrogens with zero attached hydrogens (tertiary/aromatic N) is 1. The summed E-state index contributed by atoms with van der Waals surface area (Å²) < 4.78 is 10.4. The van der Waals surface area contributed by atoms with Gasteiger partial charge in [-0.05, 0) is 59.4 Å². The first-order valence-electron chi connectivity index (χ1n) is 8.12.